The largest absolute Gasteiger partial charge is 0.505 e. The third-order valence-corrected chi connectivity index (χ3v) is 5.83. The molecule has 2 aliphatic rings. The molecule has 3 aromatic rings. The van der Waals surface area contributed by atoms with E-state index in [9.17, 15) is 29.1 Å². The zero-order valence-electron chi connectivity index (χ0n) is 19.2. The number of aryl methyl sites for hydroxylation is 1. The van der Waals surface area contributed by atoms with E-state index in [1.807, 2.05) is 0 Å². The lowest BCUT2D eigenvalue weighted by Crippen LogP contribution is -2.33. The maximum absolute atomic E-state index is 12.3. The van der Waals surface area contributed by atoms with Gasteiger partial charge in [-0.3, -0.25) is 28.9 Å². The molecule has 12 nitrogen and oxygen atoms in total. The number of aromatic hydroxyl groups is 1. The number of rotatable bonds is 8. The lowest BCUT2D eigenvalue weighted by Gasteiger charge is -2.18. The zero-order valence-corrected chi connectivity index (χ0v) is 19.2. The third kappa shape index (κ3) is 4.72. The summed E-state index contributed by atoms with van der Waals surface area (Å²) >= 11 is 0. The second kappa shape index (κ2) is 9.49. The van der Waals surface area contributed by atoms with E-state index in [2.05, 4.69) is 10.2 Å². The molecule has 0 spiro atoms. The molecule has 2 aliphatic heterocycles. The Morgan fingerprint density at radius 1 is 0.838 bits per heavy atom. The molecular formula is C25H19N5O7. The molecule has 37 heavy (non-hydrogen) atoms. The summed E-state index contributed by atoms with van der Waals surface area (Å²) in [5.74, 6) is -3.03. The van der Waals surface area contributed by atoms with Crippen LogP contribution in [0.5, 0.6) is 5.75 Å². The Labute approximate surface area is 209 Å². The first-order chi connectivity index (χ1) is 17.8. The monoisotopic (exact) mass is 501 g/mol. The van der Waals surface area contributed by atoms with Crippen molar-refractivity contribution >= 4 is 40.6 Å². The molecule has 5 rings (SSSR count). The van der Waals surface area contributed by atoms with Gasteiger partial charge in [-0.2, -0.15) is 0 Å². The summed E-state index contributed by atoms with van der Waals surface area (Å²) in [6.45, 7) is -0.694. The van der Waals surface area contributed by atoms with Crippen LogP contribution in [-0.2, 0) is 41.7 Å². The number of carbonyl (C=O) groups is 5. The number of nitrogens with zero attached hydrogens (tertiary/aromatic N) is 5. The molecule has 0 saturated carbocycles. The Hall–Kier alpha value is -5.13. The Bertz CT molecular complexity index is 1470. The number of phenolic OH excluding ortho intramolecular Hbond substituents is 1. The van der Waals surface area contributed by atoms with Gasteiger partial charge in [0.1, 0.15) is 22.5 Å². The smallest absolute Gasteiger partial charge is 0.307 e. The summed E-state index contributed by atoms with van der Waals surface area (Å²) in [5, 5.41) is 19.8. The topological polar surface area (TPSA) is 152 Å². The average molecular weight is 501 g/mol. The van der Waals surface area contributed by atoms with E-state index in [1.54, 1.807) is 36.4 Å². The van der Waals surface area contributed by atoms with Gasteiger partial charge in [-0.1, -0.05) is 18.2 Å². The molecule has 4 amide bonds. The number of esters is 1. The van der Waals surface area contributed by atoms with Gasteiger partial charge in [0.05, 0.1) is 6.54 Å². The minimum atomic E-state index is -0.652. The van der Waals surface area contributed by atoms with E-state index in [1.165, 1.54) is 4.80 Å². The number of carbonyl (C=O) groups excluding carboxylic acids is 5. The van der Waals surface area contributed by atoms with Gasteiger partial charge in [-0.25, -0.2) is 4.90 Å². The minimum Gasteiger partial charge on any atom is -0.505 e. The van der Waals surface area contributed by atoms with E-state index in [0.29, 0.717) is 16.6 Å². The summed E-state index contributed by atoms with van der Waals surface area (Å²) in [4.78, 5) is 62.7. The number of hydrogen-bond donors (Lipinski definition) is 1. The molecule has 0 saturated heterocycles. The molecule has 2 aromatic carbocycles. The lowest BCUT2D eigenvalue weighted by atomic mass is 10.0. The molecule has 0 radical (unpaired) electrons. The molecule has 0 aliphatic carbocycles. The predicted molar refractivity (Wildman–Crippen MR) is 125 cm³/mol. The van der Waals surface area contributed by atoms with Gasteiger partial charge in [-0.15, -0.1) is 15.0 Å². The maximum atomic E-state index is 12.3. The van der Waals surface area contributed by atoms with E-state index in [-0.39, 0.29) is 36.4 Å². The van der Waals surface area contributed by atoms with Crippen molar-refractivity contribution in [2.75, 3.05) is 6.73 Å². The van der Waals surface area contributed by atoms with Gasteiger partial charge in [0.15, 0.2) is 6.73 Å². The molecule has 0 unspecified atom stereocenters. The number of hydrogen-bond acceptors (Lipinski definition) is 9. The molecule has 186 valence electrons. The van der Waals surface area contributed by atoms with Crippen LogP contribution >= 0.6 is 0 Å². The van der Waals surface area contributed by atoms with Gasteiger partial charge in [0, 0.05) is 36.3 Å². The van der Waals surface area contributed by atoms with Gasteiger partial charge < -0.3 is 9.84 Å². The molecule has 0 atom stereocenters. The van der Waals surface area contributed by atoms with Gasteiger partial charge in [0.2, 0.25) is 0 Å². The van der Waals surface area contributed by atoms with Crippen molar-refractivity contribution in [2.24, 2.45) is 0 Å². The molecule has 0 fully saturated rings. The normalized spacial score (nSPS) is 15.0. The highest BCUT2D eigenvalue weighted by atomic mass is 16.5. The maximum Gasteiger partial charge on any atom is 0.307 e. The second-order valence-electron chi connectivity index (χ2n) is 8.28. The van der Waals surface area contributed by atoms with Crippen LogP contribution in [0.25, 0.3) is 16.7 Å². The number of fused-ring (bicyclic) bond motifs is 1. The minimum absolute atomic E-state index is 0.106. The van der Waals surface area contributed by atoms with Gasteiger partial charge in [-0.05, 0) is 30.2 Å². The van der Waals surface area contributed by atoms with E-state index >= 15 is 0 Å². The average Bonchev–Trinajstić information content (AvgIpc) is 3.55. The van der Waals surface area contributed by atoms with Crippen molar-refractivity contribution in [3.05, 3.63) is 71.8 Å². The fourth-order valence-electron chi connectivity index (χ4n) is 3.90. The zero-order chi connectivity index (χ0) is 26.1. The van der Waals surface area contributed by atoms with Crippen LogP contribution in [0, 0.1) is 0 Å². The van der Waals surface area contributed by atoms with Crippen LogP contribution in [0.3, 0.4) is 0 Å². The van der Waals surface area contributed by atoms with Crippen molar-refractivity contribution < 1.29 is 33.8 Å². The summed E-state index contributed by atoms with van der Waals surface area (Å²) in [5.41, 5.74) is 2.21. The summed E-state index contributed by atoms with van der Waals surface area (Å²) in [7, 11) is 0. The van der Waals surface area contributed by atoms with Crippen molar-refractivity contribution in [2.45, 2.75) is 19.4 Å². The Morgan fingerprint density at radius 2 is 1.41 bits per heavy atom. The summed E-state index contributed by atoms with van der Waals surface area (Å²) < 4.78 is 5.05. The number of phenols is 1. The highest BCUT2D eigenvalue weighted by Crippen LogP contribution is 2.30. The molecule has 3 heterocycles. The molecule has 12 heteroatoms. The van der Waals surface area contributed by atoms with Crippen LogP contribution in [-0.4, -0.2) is 66.2 Å². The predicted octanol–water partition coefficient (Wildman–Crippen LogP) is 0.909. The van der Waals surface area contributed by atoms with Gasteiger partial charge >= 0.3 is 5.97 Å². The van der Waals surface area contributed by atoms with Crippen LogP contribution < -0.4 is 0 Å². The SMILES string of the molecule is O=C(CCc1cc(CN2C(=O)C=CC2=O)c(O)c(-n2nc3ccccc3n2)c1)OCN1C(=O)C=CC1=O. The molecule has 1 N–H and O–H groups in total. The summed E-state index contributed by atoms with van der Waals surface area (Å²) in [6.07, 6.45) is 4.52. The highest BCUT2D eigenvalue weighted by Gasteiger charge is 2.27. The second-order valence-corrected chi connectivity index (χ2v) is 8.28. The third-order valence-electron chi connectivity index (χ3n) is 5.83. The Balaban J connectivity index is 1.39. The molecule has 1 aromatic heterocycles. The van der Waals surface area contributed by atoms with E-state index < -0.39 is 36.3 Å². The van der Waals surface area contributed by atoms with Crippen LogP contribution in [0.15, 0.2) is 60.7 Å². The van der Waals surface area contributed by atoms with E-state index in [0.717, 1.165) is 34.1 Å². The standard InChI is InChI=1S/C25H19N5O7/c31-20-6-7-21(32)28(20)13-16-11-15(5-10-24(35)37-14-29-22(33)8-9-23(29)34)12-19(25(16)36)30-26-17-3-1-2-4-18(17)27-30/h1-4,6-9,11-12,36H,5,10,13-14H2. The van der Waals surface area contributed by atoms with Crippen molar-refractivity contribution in [1.82, 2.24) is 24.8 Å². The van der Waals surface area contributed by atoms with Crippen LogP contribution in [0.2, 0.25) is 0 Å². The number of aromatic nitrogens is 3. The highest BCUT2D eigenvalue weighted by molar-refractivity contribution is 6.13. The lowest BCUT2D eigenvalue weighted by molar-refractivity contribution is -0.154. The van der Waals surface area contributed by atoms with Crippen molar-refractivity contribution in [1.29, 1.82) is 0 Å². The Morgan fingerprint density at radius 3 is 2.00 bits per heavy atom. The fourth-order valence-corrected chi connectivity index (χ4v) is 3.90. The first-order valence-electron chi connectivity index (χ1n) is 11.2. The first-order valence-corrected chi connectivity index (χ1v) is 11.2. The number of amides is 4. The van der Waals surface area contributed by atoms with Crippen molar-refractivity contribution in [3.8, 4) is 11.4 Å². The summed E-state index contributed by atoms with van der Waals surface area (Å²) in [6, 6.07) is 10.3. The van der Waals surface area contributed by atoms with Crippen LogP contribution in [0.1, 0.15) is 17.5 Å². The first kappa shape index (κ1) is 23.6. The van der Waals surface area contributed by atoms with E-state index in [4.69, 9.17) is 4.74 Å². The quantitative estimate of drug-likeness (QED) is 0.351. The number of benzene rings is 2. The Kier molecular flexibility index (Phi) is 6.05. The van der Waals surface area contributed by atoms with Gasteiger partial charge in [0.25, 0.3) is 23.6 Å². The van der Waals surface area contributed by atoms with Crippen LogP contribution in [0.4, 0.5) is 0 Å². The fraction of sp³-hybridized carbons (Fsp3) is 0.160. The number of imide groups is 2. The molecular weight excluding hydrogens is 482 g/mol. The number of ether oxygens (including phenoxy) is 1. The molecule has 0 bridgehead atoms. The van der Waals surface area contributed by atoms with Crippen molar-refractivity contribution in [3.63, 3.8) is 0 Å².